The van der Waals surface area contributed by atoms with E-state index in [0.29, 0.717) is 24.1 Å². The fourth-order valence-electron chi connectivity index (χ4n) is 5.22. The van der Waals surface area contributed by atoms with Crippen molar-refractivity contribution in [1.29, 1.82) is 0 Å². The average Bonchev–Trinajstić information content (AvgIpc) is 3.28. The van der Waals surface area contributed by atoms with Crippen LogP contribution in [-0.4, -0.2) is 37.3 Å². The molecule has 0 atom stereocenters. The molecule has 198 valence electrons. The summed E-state index contributed by atoms with van der Waals surface area (Å²) in [7, 11) is 1.77. The molecular formula is C30H44N2O3S. The summed E-state index contributed by atoms with van der Waals surface area (Å²) in [6, 6.07) is 6.98. The lowest BCUT2D eigenvalue weighted by Crippen LogP contribution is -2.38. The highest BCUT2D eigenvalue weighted by Gasteiger charge is 2.28. The summed E-state index contributed by atoms with van der Waals surface area (Å²) in [6.45, 7) is 12.4. The Morgan fingerprint density at radius 1 is 1.03 bits per heavy atom. The first kappa shape index (κ1) is 27.3. The van der Waals surface area contributed by atoms with Crippen molar-refractivity contribution in [2.75, 3.05) is 20.3 Å². The van der Waals surface area contributed by atoms with Gasteiger partial charge in [-0.25, -0.2) is 4.98 Å². The molecule has 0 unspecified atom stereocenters. The minimum atomic E-state index is -0.409. The third kappa shape index (κ3) is 6.56. The molecule has 1 N–H and O–H groups in total. The van der Waals surface area contributed by atoms with Crippen molar-refractivity contribution in [3.05, 3.63) is 40.0 Å². The number of nitrogens with zero attached hydrogens (tertiary/aromatic N) is 1. The van der Waals surface area contributed by atoms with Crippen LogP contribution in [0.3, 0.4) is 0 Å². The number of aromatic nitrogens is 1. The smallest absolute Gasteiger partial charge is 0.280 e. The minimum Gasteiger partial charge on any atom is -0.381 e. The Labute approximate surface area is 221 Å². The van der Waals surface area contributed by atoms with Gasteiger partial charge in [-0.15, -0.1) is 11.3 Å². The molecule has 1 amide bonds. The summed E-state index contributed by atoms with van der Waals surface area (Å²) in [4.78, 5) is 19.4. The fourth-order valence-corrected chi connectivity index (χ4v) is 6.21. The number of ether oxygens (including phenoxy) is 2. The monoisotopic (exact) mass is 512 g/mol. The molecule has 1 saturated carbocycles. The number of thiazole rings is 1. The molecule has 2 aliphatic rings. The standard InChI is InChI=1S/C30H44N2O3S/c1-29(2,3)22-17-21(18-23(19-22)30(4,5)34-6)26-25(16-20-10-8-7-9-11-20)32-28(36-26)27(33)31-24-12-14-35-15-13-24/h17-20,24H,7-16H2,1-6H3,(H,31,33). The van der Waals surface area contributed by atoms with E-state index < -0.39 is 5.60 Å². The van der Waals surface area contributed by atoms with Crippen LogP contribution in [0.25, 0.3) is 10.4 Å². The lowest BCUT2D eigenvalue weighted by Gasteiger charge is -2.28. The molecular weight excluding hydrogens is 468 g/mol. The van der Waals surface area contributed by atoms with Crippen molar-refractivity contribution in [2.45, 2.75) is 103 Å². The number of hydrogen-bond acceptors (Lipinski definition) is 5. The van der Waals surface area contributed by atoms with Crippen molar-refractivity contribution in [2.24, 2.45) is 5.92 Å². The van der Waals surface area contributed by atoms with Gasteiger partial charge in [-0.05, 0) is 73.3 Å². The Morgan fingerprint density at radius 2 is 1.69 bits per heavy atom. The van der Waals surface area contributed by atoms with Crippen LogP contribution in [0.4, 0.5) is 0 Å². The van der Waals surface area contributed by atoms with Gasteiger partial charge in [0.05, 0.1) is 16.2 Å². The van der Waals surface area contributed by atoms with Crippen molar-refractivity contribution < 1.29 is 14.3 Å². The van der Waals surface area contributed by atoms with E-state index in [2.05, 4.69) is 58.1 Å². The maximum atomic E-state index is 13.3. The Morgan fingerprint density at radius 3 is 2.33 bits per heavy atom. The van der Waals surface area contributed by atoms with Crippen LogP contribution in [0.15, 0.2) is 18.2 Å². The maximum absolute atomic E-state index is 13.3. The van der Waals surface area contributed by atoms with Gasteiger partial charge in [0.2, 0.25) is 0 Å². The van der Waals surface area contributed by atoms with E-state index in [4.69, 9.17) is 14.5 Å². The molecule has 1 aromatic carbocycles. The summed E-state index contributed by atoms with van der Waals surface area (Å²) >= 11 is 1.55. The summed E-state index contributed by atoms with van der Waals surface area (Å²) in [5.41, 5.74) is 4.23. The van der Waals surface area contributed by atoms with E-state index in [1.54, 1.807) is 18.4 Å². The number of amides is 1. The van der Waals surface area contributed by atoms with Gasteiger partial charge >= 0.3 is 0 Å². The van der Waals surface area contributed by atoms with E-state index in [9.17, 15) is 4.79 Å². The van der Waals surface area contributed by atoms with Gasteiger partial charge in [0.1, 0.15) is 0 Å². The zero-order chi connectivity index (χ0) is 25.9. The van der Waals surface area contributed by atoms with Crippen LogP contribution in [-0.2, 0) is 26.9 Å². The molecule has 2 aromatic rings. The van der Waals surface area contributed by atoms with E-state index in [1.807, 2.05) is 0 Å². The van der Waals surface area contributed by atoms with Gasteiger partial charge in [-0.2, -0.15) is 0 Å². The molecule has 1 aliphatic carbocycles. The van der Waals surface area contributed by atoms with E-state index in [1.165, 1.54) is 37.7 Å². The molecule has 0 radical (unpaired) electrons. The first-order valence-corrected chi connectivity index (χ1v) is 14.5. The lowest BCUT2D eigenvalue weighted by atomic mass is 9.82. The highest BCUT2D eigenvalue weighted by molar-refractivity contribution is 7.17. The Balaban J connectivity index is 1.74. The van der Waals surface area contributed by atoms with Crippen molar-refractivity contribution >= 4 is 17.2 Å². The fraction of sp³-hybridized carbons (Fsp3) is 0.667. The second-order valence-electron chi connectivity index (χ2n) is 12.1. The number of hydrogen-bond donors (Lipinski definition) is 1. The molecule has 2 fully saturated rings. The zero-order valence-electron chi connectivity index (χ0n) is 23.0. The van der Waals surface area contributed by atoms with Gasteiger partial charge in [-0.3, -0.25) is 4.79 Å². The minimum absolute atomic E-state index is 0.00788. The first-order chi connectivity index (χ1) is 17.1. The lowest BCUT2D eigenvalue weighted by molar-refractivity contribution is 0.0191. The van der Waals surface area contributed by atoms with Gasteiger partial charge in [0.25, 0.3) is 5.91 Å². The number of rotatable bonds is 7. The summed E-state index contributed by atoms with van der Waals surface area (Å²) in [5.74, 6) is 0.596. The normalized spacial score (nSPS) is 18.4. The predicted molar refractivity (Wildman–Crippen MR) is 148 cm³/mol. The molecule has 6 heteroatoms. The summed E-state index contributed by atoms with van der Waals surface area (Å²) < 4.78 is 11.3. The molecule has 5 nitrogen and oxygen atoms in total. The molecule has 1 saturated heterocycles. The number of nitrogens with one attached hydrogen (secondary N) is 1. The Kier molecular flexibility index (Phi) is 8.58. The number of carbonyl (C=O) groups excluding carboxylic acids is 1. The largest absolute Gasteiger partial charge is 0.381 e. The molecule has 4 rings (SSSR count). The van der Waals surface area contributed by atoms with Crippen LogP contribution in [0, 0.1) is 5.92 Å². The van der Waals surface area contributed by atoms with Crippen LogP contribution in [0.5, 0.6) is 0 Å². The molecule has 0 spiro atoms. The van der Waals surface area contributed by atoms with E-state index in [0.717, 1.165) is 41.0 Å². The second-order valence-corrected chi connectivity index (χ2v) is 13.1. The third-order valence-electron chi connectivity index (χ3n) is 7.92. The van der Waals surface area contributed by atoms with Gasteiger partial charge in [0, 0.05) is 26.4 Å². The quantitative estimate of drug-likeness (QED) is 0.433. The van der Waals surface area contributed by atoms with E-state index >= 15 is 0 Å². The highest BCUT2D eigenvalue weighted by atomic mass is 32.1. The molecule has 0 bridgehead atoms. The molecule has 1 aromatic heterocycles. The van der Waals surface area contributed by atoms with Crippen LogP contribution in [0.1, 0.15) is 106 Å². The van der Waals surface area contributed by atoms with Crippen LogP contribution in [0.2, 0.25) is 0 Å². The van der Waals surface area contributed by atoms with Crippen LogP contribution < -0.4 is 5.32 Å². The Hall–Kier alpha value is -1.76. The average molecular weight is 513 g/mol. The number of benzene rings is 1. The first-order valence-electron chi connectivity index (χ1n) is 13.7. The second kappa shape index (κ2) is 11.3. The molecule has 36 heavy (non-hydrogen) atoms. The van der Waals surface area contributed by atoms with E-state index in [-0.39, 0.29) is 17.4 Å². The highest BCUT2D eigenvalue weighted by Crippen LogP contribution is 2.39. The predicted octanol–water partition coefficient (Wildman–Crippen LogP) is 7.02. The molecule has 2 heterocycles. The van der Waals surface area contributed by atoms with Gasteiger partial charge < -0.3 is 14.8 Å². The SMILES string of the molecule is COC(C)(C)c1cc(-c2sc(C(=O)NC3CCOCC3)nc2CC2CCCCC2)cc(C(C)(C)C)c1. The Bertz CT molecular complexity index is 1040. The van der Waals surface area contributed by atoms with Crippen LogP contribution >= 0.6 is 11.3 Å². The van der Waals surface area contributed by atoms with Gasteiger partial charge in [0.15, 0.2) is 5.01 Å². The maximum Gasteiger partial charge on any atom is 0.280 e. The summed E-state index contributed by atoms with van der Waals surface area (Å²) in [5, 5.41) is 3.80. The van der Waals surface area contributed by atoms with Gasteiger partial charge in [-0.1, -0.05) is 58.9 Å². The number of methoxy groups -OCH3 is 1. The third-order valence-corrected chi connectivity index (χ3v) is 9.07. The van der Waals surface area contributed by atoms with Crippen molar-refractivity contribution in [3.63, 3.8) is 0 Å². The molecule has 1 aliphatic heterocycles. The number of carbonyl (C=O) groups is 1. The van der Waals surface area contributed by atoms with Crippen molar-refractivity contribution in [1.82, 2.24) is 10.3 Å². The summed E-state index contributed by atoms with van der Waals surface area (Å²) in [6.07, 6.45) is 9.11. The van der Waals surface area contributed by atoms with Crippen molar-refractivity contribution in [3.8, 4) is 10.4 Å². The zero-order valence-corrected chi connectivity index (χ0v) is 23.9. The topological polar surface area (TPSA) is 60.5 Å².